The van der Waals surface area contributed by atoms with Gasteiger partial charge in [0, 0.05) is 11.6 Å². The molecule has 3 heteroatoms. The van der Waals surface area contributed by atoms with Crippen LogP contribution in [0, 0.1) is 0 Å². The Morgan fingerprint density at radius 1 is 1.50 bits per heavy atom. The van der Waals surface area contributed by atoms with Gasteiger partial charge in [-0.25, -0.2) is 0 Å². The van der Waals surface area contributed by atoms with Crippen molar-refractivity contribution < 1.29 is 9.53 Å². The molecular weight excluding hydrogens is 202 g/mol. The molecule has 0 N–H and O–H groups in total. The van der Waals surface area contributed by atoms with Crippen molar-refractivity contribution in [2.45, 2.75) is 63.5 Å². The lowest BCUT2D eigenvalue weighted by molar-refractivity contribution is -0.130. The number of rotatable bonds is 6. The Labute approximate surface area is 98.1 Å². The molecule has 2 rings (SSSR count). The summed E-state index contributed by atoms with van der Waals surface area (Å²) in [5.41, 5.74) is 0.465. The van der Waals surface area contributed by atoms with Crippen molar-refractivity contribution in [2.24, 2.45) is 0 Å². The highest BCUT2D eigenvalue weighted by molar-refractivity contribution is 5.37. The number of hydrogen-bond acceptors (Lipinski definition) is 3. The summed E-state index contributed by atoms with van der Waals surface area (Å²) >= 11 is 0. The number of nitrogens with zero attached hydrogens (tertiary/aromatic N) is 1. The highest BCUT2D eigenvalue weighted by Crippen LogP contribution is 2.45. The van der Waals surface area contributed by atoms with Gasteiger partial charge in [0.15, 0.2) is 0 Å². The number of hydrogen-bond donors (Lipinski definition) is 0. The second-order valence-electron chi connectivity index (χ2n) is 5.25. The van der Waals surface area contributed by atoms with Crippen LogP contribution in [0.25, 0.3) is 0 Å². The maximum Gasteiger partial charge on any atom is 0.293 e. The Morgan fingerprint density at radius 3 is 3.12 bits per heavy atom. The van der Waals surface area contributed by atoms with Gasteiger partial charge in [0.25, 0.3) is 6.47 Å². The predicted octanol–water partition coefficient (Wildman–Crippen LogP) is 2.35. The first-order valence-corrected chi connectivity index (χ1v) is 6.64. The van der Waals surface area contributed by atoms with Gasteiger partial charge < -0.3 is 4.74 Å². The van der Waals surface area contributed by atoms with Gasteiger partial charge in [-0.1, -0.05) is 19.8 Å². The molecule has 3 nitrogen and oxygen atoms in total. The highest BCUT2D eigenvalue weighted by atomic mass is 16.5. The molecule has 2 saturated heterocycles. The Kier molecular flexibility index (Phi) is 3.85. The third kappa shape index (κ3) is 2.10. The summed E-state index contributed by atoms with van der Waals surface area (Å²) in [7, 11) is 0. The van der Waals surface area contributed by atoms with Crippen LogP contribution in [0.4, 0.5) is 0 Å². The monoisotopic (exact) mass is 225 g/mol. The fourth-order valence-corrected chi connectivity index (χ4v) is 3.61. The van der Waals surface area contributed by atoms with Crippen molar-refractivity contribution in [1.82, 2.24) is 4.90 Å². The van der Waals surface area contributed by atoms with E-state index in [1.165, 1.54) is 51.5 Å². The zero-order chi connectivity index (χ0) is 11.4. The zero-order valence-corrected chi connectivity index (χ0v) is 10.3. The number of fused-ring (bicyclic) bond motifs is 1. The van der Waals surface area contributed by atoms with Gasteiger partial charge in [-0.2, -0.15) is 0 Å². The van der Waals surface area contributed by atoms with Gasteiger partial charge in [-0.3, -0.25) is 9.69 Å². The minimum Gasteiger partial charge on any atom is -0.466 e. The molecule has 0 aromatic rings. The first-order valence-electron chi connectivity index (χ1n) is 6.64. The molecule has 0 aromatic heterocycles. The first-order chi connectivity index (χ1) is 7.82. The molecule has 0 saturated carbocycles. The SMILES string of the molecule is CCCC[C@@]12CCCN1C(COC=O)CC2. The van der Waals surface area contributed by atoms with Gasteiger partial charge in [0.1, 0.15) is 6.61 Å². The predicted molar refractivity (Wildman–Crippen MR) is 63.2 cm³/mol. The normalized spacial score (nSPS) is 33.9. The largest absolute Gasteiger partial charge is 0.466 e. The molecule has 0 aliphatic carbocycles. The van der Waals surface area contributed by atoms with Crippen LogP contribution in [0.1, 0.15) is 51.9 Å². The molecule has 2 aliphatic heterocycles. The summed E-state index contributed by atoms with van der Waals surface area (Å²) in [5, 5.41) is 0. The smallest absolute Gasteiger partial charge is 0.293 e. The number of unbranched alkanes of at least 4 members (excludes halogenated alkanes) is 1. The van der Waals surface area contributed by atoms with Gasteiger partial charge in [0.05, 0.1) is 0 Å². The van der Waals surface area contributed by atoms with Crippen LogP contribution in [-0.2, 0) is 9.53 Å². The Bertz CT molecular complexity index is 244. The summed E-state index contributed by atoms with van der Waals surface area (Å²) in [6.07, 6.45) is 9.13. The molecule has 0 radical (unpaired) electrons. The lowest BCUT2D eigenvalue weighted by Gasteiger charge is -2.35. The summed E-state index contributed by atoms with van der Waals surface area (Å²) in [6, 6.07) is 0.490. The lowest BCUT2D eigenvalue weighted by Crippen LogP contribution is -2.43. The molecule has 2 fully saturated rings. The number of ether oxygens (including phenoxy) is 1. The molecule has 16 heavy (non-hydrogen) atoms. The van der Waals surface area contributed by atoms with Crippen molar-refractivity contribution >= 4 is 6.47 Å². The van der Waals surface area contributed by atoms with Gasteiger partial charge in [0.2, 0.25) is 0 Å². The molecule has 1 unspecified atom stereocenters. The average molecular weight is 225 g/mol. The van der Waals surface area contributed by atoms with Gasteiger partial charge in [-0.15, -0.1) is 0 Å². The second kappa shape index (κ2) is 5.17. The average Bonchev–Trinajstić information content (AvgIpc) is 2.83. The van der Waals surface area contributed by atoms with E-state index in [0.717, 1.165) is 0 Å². The van der Waals surface area contributed by atoms with Crippen LogP contribution in [0.5, 0.6) is 0 Å². The molecule has 0 bridgehead atoms. The molecule has 2 aliphatic rings. The van der Waals surface area contributed by atoms with E-state index in [4.69, 9.17) is 4.74 Å². The molecule has 0 aromatic carbocycles. The van der Waals surface area contributed by atoms with Crippen LogP contribution < -0.4 is 0 Å². The van der Waals surface area contributed by atoms with Crippen molar-refractivity contribution in [3.05, 3.63) is 0 Å². The maximum atomic E-state index is 10.3. The number of carbonyl (C=O) groups excluding carboxylic acids is 1. The van der Waals surface area contributed by atoms with E-state index in [-0.39, 0.29) is 0 Å². The molecule has 2 atom stereocenters. The lowest BCUT2D eigenvalue weighted by atomic mass is 9.88. The third-order valence-corrected chi connectivity index (χ3v) is 4.39. The van der Waals surface area contributed by atoms with Crippen LogP contribution in [0.2, 0.25) is 0 Å². The Morgan fingerprint density at radius 2 is 2.38 bits per heavy atom. The third-order valence-electron chi connectivity index (χ3n) is 4.39. The van der Waals surface area contributed by atoms with Crippen LogP contribution in [0.15, 0.2) is 0 Å². The topological polar surface area (TPSA) is 29.5 Å². The van der Waals surface area contributed by atoms with Crippen molar-refractivity contribution in [2.75, 3.05) is 13.2 Å². The second-order valence-corrected chi connectivity index (χ2v) is 5.25. The Hall–Kier alpha value is -0.570. The maximum absolute atomic E-state index is 10.3. The van der Waals surface area contributed by atoms with E-state index in [1.807, 2.05) is 0 Å². The summed E-state index contributed by atoms with van der Waals surface area (Å²) in [6.45, 7) is 4.65. The molecular formula is C13H23NO2. The first kappa shape index (κ1) is 11.9. The molecule has 0 spiro atoms. The van der Waals surface area contributed by atoms with E-state index in [2.05, 4.69) is 11.8 Å². The van der Waals surface area contributed by atoms with E-state index in [9.17, 15) is 4.79 Å². The van der Waals surface area contributed by atoms with E-state index < -0.39 is 0 Å². The fraction of sp³-hybridized carbons (Fsp3) is 0.923. The van der Waals surface area contributed by atoms with E-state index in [1.54, 1.807) is 0 Å². The summed E-state index contributed by atoms with van der Waals surface area (Å²) < 4.78 is 4.95. The summed E-state index contributed by atoms with van der Waals surface area (Å²) in [4.78, 5) is 12.9. The minimum atomic E-state index is 0.465. The summed E-state index contributed by atoms with van der Waals surface area (Å²) in [5.74, 6) is 0. The van der Waals surface area contributed by atoms with Crippen LogP contribution >= 0.6 is 0 Å². The molecule has 92 valence electrons. The van der Waals surface area contributed by atoms with E-state index in [0.29, 0.717) is 24.7 Å². The number of carbonyl (C=O) groups is 1. The van der Waals surface area contributed by atoms with Crippen LogP contribution in [-0.4, -0.2) is 36.1 Å². The molecule has 0 amide bonds. The highest BCUT2D eigenvalue weighted by Gasteiger charge is 2.48. The van der Waals surface area contributed by atoms with E-state index >= 15 is 0 Å². The zero-order valence-electron chi connectivity index (χ0n) is 10.3. The Balaban J connectivity index is 1.95. The molecule has 2 heterocycles. The van der Waals surface area contributed by atoms with Crippen molar-refractivity contribution in [3.63, 3.8) is 0 Å². The quantitative estimate of drug-likeness (QED) is 0.650. The van der Waals surface area contributed by atoms with Crippen molar-refractivity contribution in [1.29, 1.82) is 0 Å². The standard InChI is InChI=1S/C13H23NO2/c1-2-3-6-13-7-4-9-14(13)12(5-8-13)10-16-11-15/h11-12H,2-10H2,1H3/t12?,13-/m0/s1. The minimum absolute atomic E-state index is 0.465. The van der Waals surface area contributed by atoms with Gasteiger partial charge in [-0.05, 0) is 38.6 Å². The van der Waals surface area contributed by atoms with Gasteiger partial charge >= 0.3 is 0 Å². The van der Waals surface area contributed by atoms with Crippen molar-refractivity contribution in [3.8, 4) is 0 Å². The van der Waals surface area contributed by atoms with Crippen LogP contribution in [0.3, 0.4) is 0 Å². The fourth-order valence-electron chi connectivity index (χ4n) is 3.61.